The summed E-state index contributed by atoms with van der Waals surface area (Å²) in [6.45, 7) is 6.64. The van der Waals surface area contributed by atoms with E-state index in [-0.39, 0.29) is 24.0 Å². The molecule has 1 aromatic heterocycles. The third-order valence-electron chi connectivity index (χ3n) is 3.73. The number of nitrogens with zero attached hydrogens (tertiary/aromatic N) is 1. The topological polar surface area (TPSA) is 104 Å². The molecule has 1 saturated heterocycles. The molecular formula is C14H21N3O4. The summed E-state index contributed by atoms with van der Waals surface area (Å²) in [7, 11) is 0. The van der Waals surface area contributed by atoms with Crippen molar-refractivity contribution in [2.75, 3.05) is 13.2 Å². The maximum atomic E-state index is 12.3. The molecule has 0 radical (unpaired) electrons. The van der Waals surface area contributed by atoms with Gasteiger partial charge >= 0.3 is 5.97 Å². The number of hydrogen-bond donors (Lipinski definition) is 3. The summed E-state index contributed by atoms with van der Waals surface area (Å²) in [5.74, 6) is -1.52. The number of hydrogen-bond acceptors (Lipinski definition) is 4. The van der Waals surface area contributed by atoms with Crippen LogP contribution in [-0.4, -0.2) is 45.9 Å². The minimum Gasteiger partial charge on any atom is -0.480 e. The van der Waals surface area contributed by atoms with Gasteiger partial charge in [0.05, 0.1) is 0 Å². The van der Waals surface area contributed by atoms with Crippen LogP contribution in [0.5, 0.6) is 0 Å². The zero-order chi connectivity index (χ0) is 15.7. The Morgan fingerprint density at radius 1 is 1.38 bits per heavy atom. The molecule has 2 heterocycles. The maximum Gasteiger partial charge on any atom is 0.329 e. The van der Waals surface area contributed by atoms with Crippen molar-refractivity contribution >= 4 is 11.9 Å². The minimum absolute atomic E-state index is 0.158. The highest BCUT2D eigenvalue weighted by Crippen LogP contribution is 2.23. The normalized spacial score (nSPS) is 18.2. The largest absolute Gasteiger partial charge is 0.480 e. The number of carbonyl (C=O) groups excluding carboxylic acids is 1. The van der Waals surface area contributed by atoms with Crippen molar-refractivity contribution in [2.24, 2.45) is 0 Å². The first kappa shape index (κ1) is 15.5. The van der Waals surface area contributed by atoms with Crippen LogP contribution in [0.2, 0.25) is 0 Å². The molecule has 0 aromatic carbocycles. The predicted octanol–water partition coefficient (Wildman–Crippen LogP) is 1.07. The Kier molecular flexibility index (Phi) is 4.04. The molecule has 1 aliphatic rings. The Balaban J connectivity index is 2.16. The summed E-state index contributed by atoms with van der Waals surface area (Å²) in [5, 5.41) is 18.8. The van der Waals surface area contributed by atoms with Crippen LogP contribution in [0.1, 0.15) is 49.8 Å². The number of aromatic nitrogens is 2. The lowest BCUT2D eigenvalue weighted by atomic mass is 9.89. The molecular weight excluding hydrogens is 274 g/mol. The molecule has 0 bridgehead atoms. The zero-order valence-corrected chi connectivity index (χ0v) is 12.5. The summed E-state index contributed by atoms with van der Waals surface area (Å²) in [4.78, 5) is 23.8. The summed E-state index contributed by atoms with van der Waals surface area (Å²) >= 11 is 0. The average Bonchev–Trinajstić information content (AvgIpc) is 2.89. The fourth-order valence-corrected chi connectivity index (χ4v) is 2.22. The molecule has 2 rings (SSSR count). The standard InChI is InChI=1S/C14H21N3O4/c1-13(2,3)10-8-9(16-17-10)11(18)15-14(12(19)20)4-6-21-7-5-14/h8H,4-7H2,1-3H3,(H,15,18)(H,16,17)(H,19,20). The highest BCUT2D eigenvalue weighted by molar-refractivity contribution is 5.96. The molecule has 1 aliphatic heterocycles. The number of ether oxygens (including phenoxy) is 1. The molecule has 1 aromatic rings. The van der Waals surface area contributed by atoms with E-state index in [4.69, 9.17) is 4.74 Å². The zero-order valence-electron chi connectivity index (χ0n) is 12.5. The molecule has 21 heavy (non-hydrogen) atoms. The van der Waals surface area contributed by atoms with Gasteiger partial charge in [0.2, 0.25) is 0 Å². The number of aromatic amines is 1. The quantitative estimate of drug-likeness (QED) is 0.773. The van der Waals surface area contributed by atoms with Crippen LogP contribution in [0.15, 0.2) is 6.07 Å². The molecule has 0 atom stereocenters. The second kappa shape index (κ2) is 5.48. The van der Waals surface area contributed by atoms with Crippen LogP contribution in [0, 0.1) is 0 Å². The Bertz CT molecular complexity index is 539. The van der Waals surface area contributed by atoms with E-state index in [0.717, 1.165) is 5.69 Å². The van der Waals surface area contributed by atoms with E-state index >= 15 is 0 Å². The van der Waals surface area contributed by atoms with Crippen molar-refractivity contribution in [2.45, 2.75) is 44.6 Å². The van der Waals surface area contributed by atoms with Gasteiger partial charge in [-0.25, -0.2) is 4.79 Å². The molecule has 0 spiro atoms. The summed E-state index contributed by atoms with van der Waals surface area (Å²) in [6, 6.07) is 1.66. The Morgan fingerprint density at radius 3 is 2.48 bits per heavy atom. The van der Waals surface area contributed by atoms with E-state index in [9.17, 15) is 14.7 Å². The number of nitrogens with one attached hydrogen (secondary N) is 2. The van der Waals surface area contributed by atoms with E-state index in [0.29, 0.717) is 13.2 Å². The van der Waals surface area contributed by atoms with Crippen LogP contribution < -0.4 is 5.32 Å². The number of carboxylic acid groups (broad SMARTS) is 1. The van der Waals surface area contributed by atoms with Crippen LogP contribution in [0.3, 0.4) is 0 Å². The fourth-order valence-electron chi connectivity index (χ4n) is 2.22. The monoisotopic (exact) mass is 295 g/mol. The Hall–Kier alpha value is -1.89. The minimum atomic E-state index is -1.27. The van der Waals surface area contributed by atoms with Gasteiger partial charge in [0, 0.05) is 37.2 Å². The second-order valence-electron chi connectivity index (χ2n) is 6.37. The SMILES string of the molecule is CC(C)(C)c1cc(C(=O)NC2(C(=O)O)CCOCC2)n[nH]1. The number of carboxylic acids is 1. The van der Waals surface area contributed by atoms with Crippen molar-refractivity contribution in [1.29, 1.82) is 0 Å². The van der Waals surface area contributed by atoms with Gasteiger partial charge in [0.1, 0.15) is 11.2 Å². The van der Waals surface area contributed by atoms with Crippen LogP contribution in [0.4, 0.5) is 0 Å². The molecule has 7 nitrogen and oxygen atoms in total. The predicted molar refractivity (Wildman–Crippen MR) is 75.2 cm³/mol. The number of aliphatic carboxylic acids is 1. The number of carbonyl (C=O) groups is 2. The van der Waals surface area contributed by atoms with Crippen LogP contribution in [-0.2, 0) is 14.9 Å². The van der Waals surface area contributed by atoms with Gasteiger partial charge < -0.3 is 15.2 Å². The average molecular weight is 295 g/mol. The molecule has 1 fully saturated rings. The smallest absolute Gasteiger partial charge is 0.329 e. The first-order valence-corrected chi connectivity index (χ1v) is 6.94. The summed E-state index contributed by atoms with van der Waals surface area (Å²) in [6.07, 6.45) is 0.509. The lowest BCUT2D eigenvalue weighted by molar-refractivity contribution is -0.148. The van der Waals surface area contributed by atoms with E-state index in [2.05, 4.69) is 15.5 Å². The van der Waals surface area contributed by atoms with Crippen LogP contribution >= 0.6 is 0 Å². The highest BCUT2D eigenvalue weighted by atomic mass is 16.5. The lowest BCUT2D eigenvalue weighted by Crippen LogP contribution is -2.57. The van der Waals surface area contributed by atoms with Crippen molar-refractivity contribution in [1.82, 2.24) is 15.5 Å². The molecule has 1 amide bonds. The van der Waals surface area contributed by atoms with Crippen LogP contribution in [0.25, 0.3) is 0 Å². The lowest BCUT2D eigenvalue weighted by Gasteiger charge is -2.33. The van der Waals surface area contributed by atoms with E-state index in [1.165, 1.54) is 0 Å². The molecule has 3 N–H and O–H groups in total. The molecule has 0 saturated carbocycles. The van der Waals surface area contributed by atoms with Crippen molar-refractivity contribution in [3.05, 3.63) is 17.5 Å². The number of amides is 1. The van der Waals surface area contributed by atoms with Gasteiger partial charge in [0.25, 0.3) is 5.91 Å². The Labute approximate surface area is 123 Å². The molecule has 0 aliphatic carbocycles. The van der Waals surface area contributed by atoms with Gasteiger partial charge in [-0.15, -0.1) is 0 Å². The van der Waals surface area contributed by atoms with Gasteiger partial charge in [-0.05, 0) is 6.07 Å². The van der Waals surface area contributed by atoms with E-state index in [1.54, 1.807) is 6.07 Å². The summed E-state index contributed by atoms with van der Waals surface area (Å²) < 4.78 is 5.17. The molecule has 0 unspecified atom stereocenters. The summed E-state index contributed by atoms with van der Waals surface area (Å²) in [5.41, 5.74) is -0.402. The number of H-pyrrole nitrogens is 1. The van der Waals surface area contributed by atoms with E-state index < -0.39 is 17.4 Å². The van der Waals surface area contributed by atoms with Gasteiger partial charge in [0.15, 0.2) is 0 Å². The number of rotatable bonds is 3. The first-order valence-electron chi connectivity index (χ1n) is 6.94. The second-order valence-corrected chi connectivity index (χ2v) is 6.37. The van der Waals surface area contributed by atoms with E-state index in [1.807, 2.05) is 20.8 Å². The van der Waals surface area contributed by atoms with Crippen molar-refractivity contribution in [3.63, 3.8) is 0 Å². The fraction of sp³-hybridized carbons (Fsp3) is 0.643. The van der Waals surface area contributed by atoms with Gasteiger partial charge in [-0.1, -0.05) is 20.8 Å². The first-order chi connectivity index (χ1) is 9.74. The third-order valence-corrected chi connectivity index (χ3v) is 3.73. The Morgan fingerprint density at radius 2 is 2.00 bits per heavy atom. The molecule has 7 heteroatoms. The van der Waals surface area contributed by atoms with Gasteiger partial charge in [-0.3, -0.25) is 9.89 Å². The van der Waals surface area contributed by atoms with Crippen molar-refractivity contribution < 1.29 is 19.4 Å². The van der Waals surface area contributed by atoms with Gasteiger partial charge in [-0.2, -0.15) is 5.10 Å². The molecule has 116 valence electrons. The van der Waals surface area contributed by atoms with Crippen molar-refractivity contribution in [3.8, 4) is 0 Å². The highest BCUT2D eigenvalue weighted by Gasteiger charge is 2.42. The third kappa shape index (κ3) is 3.24. The maximum absolute atomic E-state index is 12.3.